The summed E-state index contributed by atoms with van der Waals surface area (Å²) < 4.78 is 22.7. The van der Waals surface area contributed by atoms with Gasteiger partial charge in [0.05, 0.1) is 4.90 Å². The summed E-state index contributed by atoms with van der Waals surface area (Å²) in [5, 5.41) is 0. The summed E-state index contributed by atoms with van der Waals surface area (Å²) in [6, 6.07) is 7.61. The Morgan fingerprint density at radius 3 is 2.47 bits per heavy atom. The van der Waals surface area contributed by atoms with Crippen molar-refractivity contribution in [1.29, 1.82) is 0 Å². The Balaban J connectivity index is 0.00000180. The number of halogens is 1. The van der Waals surface area contributed by atoms with E-state index in [0.717, 1.165) is 25.1 Å². The van der Waals surface area contributed by atoms with E-state index >= 15 is 0 Å². The zero-order valence-corrected chi connectivity index (χ0v) is 12.7. The molecular weight excluding hydrogens is 284 g/mol. The summed E-state index contributed by atoms with van der Waals surface area (Å²) >= 11 is 0. The molecule has 2 rings (SSSR count). The van der Waals surface area contributed by atoms with Crippen LogP contribution in [0.3, 0.4) is 0 Å². The summed E-state index contributed by atoms with van der Waals surface area (Å²) in [6.45, 7) is 2.63. The Morgan fingerprint density at radius 2 is 1.95 bits per heavy atom. The van der Waals surface area contributed by atoms with E-state index in [1.807, 2.05) is 12.1 Å². The predicted molar refractivity (Wildman–Crippen MR) is 79.3 cm³/mol. The van der Waals surface area contributed by atoms with Crippen LogP contribution in [0.25, 0.3) is 0 Å². The third-order valence-electron chi connectivity index (χ3n) is 3.51. The maximum Gasteiger partial charge on any atom is 0.175 e. The minimum absolute atomic E-state index is 0. The molecule has 1 heterocycles. The van der Waals surface area contributed by atoms with E-state index in [0.29, 0.717) is 17.5 Å². The zero-order valence-electron chi connectivity index (χ0n) is 11.1. The quantitative estimate of drug-likeness (QED) is 0.914. The Hall–Kier alpha value is -0.620. The smallest absolute Gasteiger partial charge is 0.175 e. The average molecular weight is 305 g/mol. The first-order valence-corrected chi connectivity index (χ1v) is 8.13. The lowest BCUT2D eigenvalue weighted by Crippen LogP contribution is -2.34. The number of hydrogen-bond donors (Lipinski definition) is 1. The van der Waals surface area contributed by atoms with Crippen molar-refractivity contribution in [2.75, 3.05) is 19.3 Å². The molecule has 0 radical (unpaired) electrons. The highest BCUT2D eigenvalue weighted by molar-refractivity contribution is 7.90. The van der Waals surface area contributed by atoms with Crippen molar-refractivity contribution in [1.82, 2.24) is 4.90 Å². The van der Waals surface area contributed by atoms with Crippen LogP contribution in [0.2, 0.25) is 0 Å². The number of hydrogen-bond acceptors (Lipinski definition) is 4. The Bertz CT molecular complexity index is 502. The van der Waals surface area contributed by atoms with Crippen molar-refractivity contribution in [2.45, 2.75) is 30.3 Å². The molecule has 1 aromatic carbocycles. The van der Waals surface area contributed by atoms with Crippen LogP contribution in [0.15, 0.2) is 29.2 Å². The molecule has 6 heteroatoms. The first-order valence-electron chi connectivity index (χ1n) is 6.24. The van der Waals surface area contributed by atoms with Crippen LogP contribution < -0.4 is 5.73 Å². The molecule has 1 aliphatic rings. The molecule has 0 aromatic heterocycles. The normalized spacial score (nSPS) is 20.2. The maximum atomic E-state index is 11.4. The highest BCUT2D eigenvalue weighted by atomic mass is 35.5. The molecule has 0 bridgehead atoms. The van der Waals surface area contributed by atoms with Crippen molar-refractivity contribution in [3.05, 3.63) is 29.8 Å². The lowest BCUT2D eigenvalue weighted by molar-refractivity contribution is 0.250. The van der Waals surface area contributed by atoms with Crippen LogP contribution in [-0.4, -0.2) is 38.7 Å². The topological polar surface area (TPSA) is 63.4 Å². The highest BCUT2D eigenvalue weighted by Gasteiger charge is 2.22. The van der Waals surface area contributed by atoms with Gasteiger partial charge < -0.3 is 5.73 Å². The Labute approximate surface area is 121 Å². The molecule has 0 aliphatic carbocycles. The SMILES string of the molecule is CS(=O)(=O)c1ccc(CN2CCCC2CN)cc1.Cl. The number of nitrogens with two attached hydrogens (primary N) is 1. The van der Waals surface area contributed by atoms with Crippen molar-refractivity contribution in [3.63, 3.8) is 0 Å². The number of benzene rings is 1. The average Bonchev–Trinajstić information content (AvgIpc) is 2.76. The van der Waals surface area contributed by atoms with Gasteiger partial charge in [0.1, 0.15) is 0 Å². The van der Waals surface area contributed by atoms with E-state index in [-0.39, 0.29) is 12.4 Å². The second-order valence-electron chi connectivity index (χ2n) is 4.92. The van der Waals surface area contributed by atoms with Crippen LogP contribution in [0.5, 0.6) is 0 Å². The second-order valence-corrected chi connectivity index (χ2v) is 6.93. The standard InChI is InChI=1S/C13H20N2O2S.ClH/c1-18(16,17)13-6-4-11(5-7-13)10-15-8-2-3-12(15)9-14;/h4-7,12H,2-3,8-10,14H2,1H3;1H. The summed E-state index contributed by atoms with van der Waals surface area (Å²) in [7, 11) is -3.10. The predicted octanol–water partition coefficient (Wildman–Crippen LogP) is 1.43. The molecule has 0 spiro atoms. The van der Waals surface area contributed by atoms with Crippen molar-refractivity contribution in [3.8, 4) is 0 Å². The van der Waals surface area contributed by atoms with Crippen LogP contribution in [-0.2, 0) is 16.4 Å². The van der Waals surface area contributed by atoms with Crippen LogP contribution in [0.4, 0.5) is 0 Å². The van der Waals surface area contributed by atoms with Gasteiger partial charge in [-0.25, -0.2) is 8.42 Å². The molecule has 4 nitrogen and oxygen atoms in total. The largest absolute Gasteiger partial charge is 0.329 e. The van der Waals surface area contributed by atoms with Crippen LogP contribution in [0.1, 0.15) is 18.4 Å². The fourth-order valence-electron chi connectivity index (χ4n) is 2.45. The summed E-state index contributed by atoms with van der Waals surface area (Å²) in [4.78, 5) is 2.75. The fourth-order valence-corrected chi connectivity index (χ4v) is 3.08. The third-order valence-corrected chi connectivity index (χ3v) is 4.64. The number of nitrogens with zero attached hydrogens (tertiary/aromatic N) is 1. The Morgan fingerprint density at radius 1 is 1.32 bits per heavy atom. The van der Waals surface area contributed by atoms with E-state index in [4.69, 9.17) is 5.73 Å². The van der Waals surface area contributed by atoms with Gasteiger partial charge in [-0.05, 0) is 37.1 Å². The van der Waals surface area contributed by atoms with E-state index in [2.05, 4.69) is 4.90 Å². The molecule has 2 N–H and O–H groups in total. The van der Waals surface area contributed by atoms with Crippen LogP contribution in [0, 0.1) is 0 Å². The van der Waals surface area contributed by atoms with Crippen molar-refractivity contribution < 1.29 is 8.42 Å². The third kappa shape index (κ3) is 4.18. The number of likely N-dealkylation sites (tertiary alicyclic amines) is 1. The first kappa shape index (κ1) is 16.4. The number of sulfone groups is 1. The summed E-state index contributed by atoms with van der Waals surface area (Å²) in [5.74, 6) is 0. The van der Waals surface area contributed by atoms with Gasteiger partial charge in [-0.2, -0.15) is 0 Å². The van der Waals surface area contributed by atoms with Crippen molar-refractivity contribution in [2.24, 2.45) is 5.73 Å². The van der Waals surface area contributed by atoms with Crippen LogP contribution >= 0.6 is 12.4 Å². The first-order chi connectivity index (χ1) is 8.50. The molecule has 1 fully saturated rings. The number of rotatable bonds is 4. The van der Waals surface area contributed by atoms with Gasteiger partial charge in [-0.15, -0.1) is 12.4 Å². The molecule has 1 atom stereocenters. The fraction of sp³-hybridized carbons (Fsp3) is 0.538. The molecule has 0 amide bonds. The second kappa shape index (κ2) is 6.70. The lowest BCUT2D eigenvalue weighted by Gasteiger charge is -2.23. The van der Waals surface area contributed by atoms with E-state index in [1.54, 1.807) is 12.1 Å². The zero-order chi connectivity index (χ0) is 13.2. The molecule has 1 aliphatic heterocycles. The van der Waals surface area contributed by atoms with E-state index in [9.17, 15) is 8.42 Å². The molecule has 1 saturated heterocycles. The Kier molecular flexibility index (Phi) is 5.80. The van der Waals surface area contributed by atoms with Gasteiger partial charge in [-0.1, -0.05) is 12.1 Å². The van der Waals surface area contributed by atoms with E-state index in [1.165, 1.54) is 12.7 Å². The molecule has 1 unspecified atom stereocenters. The minimum atomic E-state index is -3.10. The maximum absolute atomic E-state index is 11.4. The molecule has 1 aromatic rings. The van der Waals surface area contributed by atoms with Crippen molar-refractivity contribution >= 4 is 22.2 Å². The molecule has 0 saturated carbocycles. The summed E-state index contributed by atoms with van der Waals surface area (Å²) in [5.41, 5.74) is 6.88. The van der Waals surface area contributed by atoms with Gasteiger partial charge in [-0.3, -0.25) is 4.90 Å². The molecule has 19 heavy (non-hydrogen) atoms. The molecular formula is C13H21ClN2O2S. The van der Waals surface area contributed by atoms with Gasteiger partial charge in [0.2, 0.25) is 0 Å². The van der Waals surface area contributed by atoms with E-state index < -0.39 is 9.84 Å². The van der Waals surface area contributed by atoms with Gasteiger partial charge in [0, 0.05) is 25.4 Å². The minimum Gasteiger partial charge on any atom is -0.329 e. The lowest BCUT2D eigenvalue weighted by atomic mass is 10.2. The molecule has 108 valence electrons. The van der Waals surface area contributed by atoms with Gasteiger partial charge in [0.15, 0.2) is 9.84 Å². The monoisotopic (exact) mass is 304 g/mol. The summed E-state index contributed by atoms with van der Waals surface area (Å²) in [6.07, 6.45) is 3.59. The highest BCUT2D eigenvalue weighted by Crippen LogP contribution is 2.20. The van der Waals surface area contributed by atoms with Gasteiger partial charge in [0.25, 0.3) is 0 Å². The van der Waals surface area contributed by atoms with Gasteiger partial charge >= 0.3 is 0 Å².